The van der Waals surface area contributed by atoms with Gasteiger partial charge >= 0.3 is 0 Å². The molecule has 1 aliphatic heterocycles. The molecule has 0 spiro atoms. The lowest BCUT2D eigenvalue weighted by Crippen LogP contribution is -2.50. The molecular formula is C24H33N3O3. The van der Waals surface area contributed by atoms with E-state index >= 15 is 0 Å². The van der Waals surface area contributed by atoms with Crippen molar-refractivity contribution in [1.82, 2.24) is 14.8 Å². The van der Waals surface area contributed by atoms with Crippen LogP contribution >= 0.6 is 0 Å². The Balaban J connectivity index is 2.01. The van der Waals surface area contributed by atoms with Crippen LogP contribution < -0.4 is 4.74 Å². The zero-order chi connectivity index (χ0) is 21.7. The zero-order valence-corrected chi connectivity index (χ0v) is 18.4. The molecule has 1 N–H and O–H groups in total. The maximum Gasteiger partial charge on any atom is 0.259 e. The Bertz CT molecular complexity index is 843. The van der Waals surface area contributed by atoms with Crippen LogP contribution in [-0.4, -0.2) is 71.2 Å². The van der Waals surface area contributed by atoms with E-state index in [2.05, 4.69) is 30.8 Å². The number of aliphatic hydroxyl groups is 1. The number of benzene rings is 1. The third-order valence-electron chi connectivity index (χ3n) is 5.73. The molecule has 2 aromatic rings. The van der Waals surface area contributed by atoms with Crippen LogP contribution in [0.5, 0.6) is 5.88 Å². The monoisotopic (exact) mass is 411 g/mol. The molecule has 1 aromatic heterocycles. The summed E-state index contributed by atoms with van der Waals surface area (Å²) in [6, 6.07) is 11.5. The van der Waals surface area contributed by atoms with Crippen LogP contribution in [0.15, 0.2) is 42.6 Å². The summed E-state index contributed by atoms with van der Waals surface area (Å²) in [4.78, 5) is 22.0. The quantitative estimate of drug-likeness (QED) is 0.757. The van der Waals surface area contributed by atoms with E-state index in [9.17, 15) is 9.90 Å². The SMILES string of the molecule is CCCN(C)C[C@H]1Oc2ncc(-c3ccccc3)cc2C(=O)N([C@@H](C)CO)C[C@H]1C. The largest absolute Gasteiger partial charge is 0.472 e. The van der Waals surface area contributed by atoms with E-state index in [0.717, 1.165) is 30.6 Å². The second kappa shape index (κ2) is 10.0. The van der Waals surface area contributed by atoms with Crippen molar-refractivity contribution in [2.45, 2.75) is 39.3 Å². The van der Waals surface area contributed by atoms with E-state index in [4.69, 9.17) is 4.74 Å². The molecule has 0 saturated heterocycles. The van der Waals surface area contributed by atoms with E-state index in [0.29, 0.717) is 18.0 Å². The smallest absolute Gasteiger partial charge is 0.259 e. The van der Waals surface area contributed by atoms with Crippen molar-refractivity contribution in [1.29, 1.82) is 0 Å². The minimum atomic E-state index is -0.277. The molecule has 0 fully saturated rings. The molecule has 0 aliphatic carbocycles. The predicted octanol–water partition coefficient (Wildman–Crippen LogP) is 3.31. The molecule has 162 valence electrons. The molecule has 0 saturated carbocycles. The molecule has 2 heterocycles. The Labute approximate surface area is 179 Å². The first kappa shape index (κ1) is 22.2. The van der Waals surface area contributed by atoms with Gasteiger partial charge in [-0.25, -0.2) is 4.98 Å². The summed E-state index contributed by atoms with van der Waals surface area (Å²) >= 11 is 0. The number of hydrogen-bond acceptors (Lipinski definition) is 5. The summed E-state index contributed by atoms with van der Waals surface area (Å²) in [7, 11) is 2.09. The van der Waals surface area contributed by atoms with Crippen LogP contribution in [-0.2, 0) is 0 Å². The van der Waals surface area contributed by atoms with E-state index < -0.39 is 0 Å². The van der Waals surface area contributed by atoms with Gasteiger partial charge in [0.15, 0.2) is 0 Å². The lowest BCUT2D eigenvalue weighted by molar-refractivity contribution is 0.0331. The van der Waals surface area contributed by atoms with E-state index in [1.165, 1.54) is 0 Å². The molecule has 1 amide bonds. The third kappa shape index (κ3) is 4.99. The fraction of sp³-hybridized carbons (Fsp3) is 0.500. The topological polar surface area (TPSA) is 65.9 Å². The normalized spacial score (nSPS) is 20.3. The molecule has 1 aliphatic rings. The lowest BCUT2D eigenvalue weighted by atomic mass is 9.99. The second-order valence-corrected chi connectivity index (χ2v) is 8.33. The number of aromatic nitrogens is 1. The number of aliphatic hydroxyl groups excluding tert-OH is 1. The zero-order valence-electron chi connectivity index (χ0n) is 18.4. The molecule has 0 unspecified atom stereocenters. The Morgan fingerprint density at radius 3 is 2.70 bits per heavy atom. The Morgan fingerprint density at radius 1 is 1.30 bits per heavy atom. The van der Waals surface area contributed by atoms with Crippen molar-refractivity contribution in [3.8, 4) is 17.0 Å². The minimum Gasteiger partial charge on any atom is -0.472 e. The van der Waals surface area contributed by atoms with Gasteiger partial charge < -0.3 is 19.6 Å². The highest BCUT2D eigenvalue weighted by molar-refractivity contribution is 5.98. The number of rotatable bonds is 7. The van der Waals surface area contributed by atoms with Crippen LogP contribution in [0.3, 0.4) is 0 Å². The molecule has 0 bridgehead atoms. The third-order valence-corrected chi connectivity index (χ3v) is 5.73. The highest BCUT2D eigenvalue weighted by atomic mass is 16.5. The predicted molar refractivity (Wildman–Crippen MR) is 119 cm³/mol. The molecule has 6 nitrogen and oxygen atoms in total. The van der Waals surface area contributed by atoms with Gasteiger partial charge in [-0.15, -0.1) is 0 Å². The van der Waals surface area contributed by atoms with Crippen molar-refractivity contribution in [2.75, 3.05) is 33.3 Å². The average Bonchev–Trinajstić information content (AvgIpc) is 2.76. The van der Waals surface area contributed by atoms with Crippen molar-refractivity contribution in [2.24, 2.45) is 5.92 Å². The first-order valence-corrected chi connectivity index (χ1v) is 10.8. The summed E-state index contributed by atoms with van der Waals surface area (Å²) in [6.07, 6.45) is 2.73. The highest BCUT2D eigenvalue weighted by Gasteiger charge is 2.34. The molecule has 3 atom stereocenters. The van der Waals surface area contributed by atoms with Crippen molar-refractivity contribution in [3.05, 3.63) is 48.2 Å². The number of ether oxygens (including phenoxy) is 1. The minimum absolute atomic E-state index is 0.0825. The summed E-state index contributed by atoms with van der Waals surface area (Å²) in [5, 5.41) is 9.77. The molecule has 6 heteroatoms. The van der Waals surface area contributed by atoms with Gasteiger partial charge in [0, 0.05) is 30.8 Å². The number of carbonyl (C=O) groups is 1. The van der Waals surface area contributed by atoms with Crippen LogP contribution in [0.4, 0.5) is 0 Å². The first-order valence-electron chi connectivity index (χ1n) is 10.8. The lowest BCUT2D eigenvalue weighted by Gasteiger charge is -2.37. The number of fused-ring (bicyclic) bond motifs is 1. The van der Waals surface area contributed by atoms with Gasteiger partial charge in [-0.3, -0.25) is 4.79 Å². The number of hydrogen-bond donors (Lipinski definition) is 1. The fourth-order valence-corrected chi connectivity index (χ4v) is 3.89. The van der Waals surface area contributed by atoms with E-state index in [1.807, 2.05) is 43.3 Å². The summed E-state index contributed by atoms with van der Waals surface area (Å²) in [5.74, 6) is 0.325. The Kier molecular flexibility index (Phi) is 7.45. The maximum atomic E-state index is 13.4. The Hall–Kier alpha value is -2.44. The Morgan fingerprint density at radius 2 is 2.03 bits per heavy atom. The van der Waals surface area contributed by atoms with Crippen molar-refractivity contribution < 1.29 is 14.6 Å². The van der Waals surface area contributed by atoms with Gasteiger partial charge in [-0.2, -0.15) is 0 Å². The van der Waals surface area contributed by atoms with Gasteiger partial charge in [-0.05, 0) is 38.6 Å². The van der Waals surface area contributed by atoms with Gasteiger partial charge in [0.05, 0.1) is 12.6 Å². The van der Waals surface area contributed by atoms with Crippen LogP contribution in [0, 0.1) is 5.92 Å². The van der Waals surface area contributed by atoms with Gasteiger partial charge in [0.25, 0.3) is 5.91 Å². The summed E-state index contributed by atoms with van der Waals surface area (Å²) in [5.41, 5.74) is 2.32. The standard InChI is InChI=1S/C24H33N3O3/c1-5-11-26(4)15-22-17(2)14-27(18(3)16-28)24(29)21-12-20(13-25-23(21)30-22)19-9-7-6-8-10-19/h6-10,12-13,17-18,22,28H,5,11,14-16H2,1-4H3/t17-,18+,22-/m1/s1. The molecular weight excluding hydrogens is 378 g/mol. The second-order valence-electron chi connectivity index (χ2n) is 8.33. The molecule has 3 rings (SSSR count). The van der Waals surface area contributed by atoms with Crippen molar-refractivity contribution in [3.63, 3.8) is 0 Å². The maximum absolute atomic E-state index is 13.4. The molecule has 0 radical (unpaired) electrons. The summed E-state index contributed by atoms with van der Waals surface area (Å²) in [6.45, 7) is 8.31. The van der Waals surface area contributed by atoms with Gasteiger partial charge in [0.2, 0.25) is 5.88 Å². The van der Waals surface area contributed by atoms with Gasteiger partial charge in [-0.1, -0.05) is 44.2 Å². The molecule has 1 aromatic carbocycles. The number of nitrogens with zero attached hydrogens (tertiary/aromatic N) is 3. The first-order chi connectivity index (χ1) is 14.4. The number of carbonyl (C=O) groups excluding carboxylic acids is 1. The number of pyridine rings is 1. The molecule has 30 heavy (non-hydrogen) atoms. The van der Waals surface area contributed by atoms with Crippen molar-refractivity contribution >= 4 is 5.91 Å². The van der Waals surface area contributed by atoms with Crippen LogP contribution in [0.2, 0.25) is 0 Å². The highest BCUT2D eigenvalue weighted by Crippen LogP contribution is 2.30. The van der Waals surface area contributed by atoms with E-state index in [-0.39, 0.29) is 30.6 Å². The average molecular weight is 412 g/mol. The van der Waals surface area contributed by atoms with E-state index in [1.54, 1.807) is 11.1 Å². The number of amides is 1. The van der Waals surface area contributed by atoms with Crippen LogP contribution in [0.1, 0.15) is 37.6 Å². The summed E-state index contributed by atoms with van der Waals surface area (Å²) < 4.78 is 6.33. The van der Waals surface area contributed by atoms with Crippen LogP contribution in [0.25, 0.3) is 11.1 Å². The number of likely N-dealkylation sites (N-methyl/N-ethyl adjacent to an activating group) is 1. The fourth-order valence-electron chi connectivity index (χ4n) is 3.89. The van der Waals surface area contributed by atoms with Gasteiger partial charge in [0.1, 0.15) is 11.7 Å².